The number of aliphatic carboxylic acids is 1. The average Bonchev–Trinajstić information content (AvgIpc) is 4.05. The number of carbonyl (C=O) groups is 6. The van der Waals surface area contributed by atoms with Crippen molar-refractivity contribution in [3.8, 4) is 0 Å². The highest BCUT2D eigenvalue weighted by Crippen LogP contribution is 2.44. The number of amides is 4. The Morgan fingerprint density at radius 3 is 1.23 bits per heavy atom. The average molecular weight is 1060 g/mol. The van der Waals surface area contributed by atoms with Gasteiger partial charge in [-0.25, -0.2) is 9.59 Å². The van der Waals surface area contributed by atoms with E-state index in [1.807, 2.05) is 0 Å². The van der Waals surface area contributed by atoms with Gasteiger partial charge in [0.1, 0.15) is 12.1 Å². The fourth-order valence-electron chi connectivity index (χ4n) is 9.49. The third-order valence-corrected chi connectivity index (χ3v) is 14.9. The summed E-state index contributed by atoms with van der Waals surface area (Å²) >= 11 is 24.5. The van der Waals surface area contributed by atoms with Crippen LogP contribution >= 0.6 is 46.4 Å². The molecular weight excluding hydrogens is 994 g/mol. The Hall–Kier alpha value is -5.22. The van der Waals surface area contributed by atoms with E-state index < -0.39 is 46.7 Å². The van der Waals surface area contributed by atoms with E-state index in [2.05, 4.69) is 10.6 Å². The number of likely N-dealkylation sites (N-methyl/N-ethyl adjacent to an activating group) is 2. The van der Waals surface area contributed by atoms with Gasteiger partial charge in [0, 0.05) is 65.7 Å². The van der Waals surface area contributed by atoms with Crippen LogP contribution in [0.3, 0.4) is 0 Å². The lowest BCUT2D eigenvalue weighted by Crippen LogP contribution is -2.50. The Morgan fingerprint density at radius 2 is 0.901 bits per heavy atom. The molecule has 0 aliphatic heterocycles. The first kappa shape index (κ1) is 56.7. The lowest BCUT2D eigenvalue weighted by molar-refractivity contribution is -0.156. The molecule has 382 valence electrons. The summed E-state index contributed by atoms with van der Waals surface area (Å²) in [6.07, 6.45) is 8.58. The molecule has 0 heterocycles. The van der Waals surface area contributed by atoms with E-state index in [9.17, 15) is 33.9 Å². The van der Waals surface area contributed by atoms with Gasteiger partial charge >= 0.3 is 11.9 Å². The molecule has 0 radical (unpaired) electrons. The lowest BCUT2D eigenvalue weighted by Gasteiger charge is -2.35. The van der Waals surface area contributed by atoms with Gasteiger partial charge in [0.2, 0.25) is 11.8 Å². The maximum Gasteiger partial charge on any atom is 0.328 e. The largest absolute Gasteiger partial charge is 0.480 e. The second-order valence-electron chi connectivity index (χ2n) is 18.1. The predicted octanol–water partition coefficient (Wildman–Crippen LogP) is 10.7. The number of carboxylic acid groups (broad SMARTS) is 1. The first-order chi connectivity index (χ1) is 33.9. The number of nitrogens with one attached hydrogen (secondary N) is 2. The number of methoxy groups -OCH3 is 3. The molecule has 0 saturated heterocycles. The molecule has 4 aromatic carbocycles. The lowest BCUT2D eigenvalue weighted by atomic mass is 9.81. The molecule has 4 amide bonds. The van der Waals surface area contributed by atoms with Crippen molar-refractivity contribution >= 4 is 93.3 Å². The second-order valence-corrected chi connectivity index (χ2v) is 19.7. The zero-order valence-corrected chi connectivity index (χ0v) is 43.7. The molecule has 18 heteroatoms. The minimum Gasteiger partial charge on any atom is -0.480 e. The molecule has 2 atom stereocenters. The van der Waals surface area contributed by atoms with Crippen molar-refractivity contribution in [1.29, 1.82) is 0 Å². The maximum absolute atomic E-state index is 13.6. The smallest absolute Gasteiger partial charge is 0.328 e. The summed E-state index contributed by atoms with van der Waals surface area (Å²) in [6.45, 7) is 0.957. The predicted molar refractivity (Wildman–Crippen MR) is 277 cm³/mol. The SMILES string of the molecule is COCCC1(C(=O)N(C)C(Cc2ccc(NC(=O)c3c(Cl)cccc3Cl)cc2)C(=O)O)CCCC1.COCCC1(C(=O)N(C)C(Cc2ccc(NC(=O)c3c(Cl)cccc3Cl)cc2)C(=O)OC)CCCC1. The van der Waals surface area contributed by atoms with E-state index in [-0.39, 0.29) is 55.9 Å². The molecule has 2 fully saturated rings. The molecule has 0 aromatic heterocycles. The quantitative estimate of drug-likeness (QED) is 0.0721. The van der Waals surface area contributed by atoms with Crippen molar-refractivity contribution in [1.82, 2.24) is 9.80 Å². The van der Waals surface area contributed by atoms with Gasteiger partial charge in [-0.05, 0) is 98.2 Å². The van der Waals surface area contributed by atoms with Gasteiger partial charge in [-0.3, -0.25) is 19.2 Å². The fourth-order valence-corrected chi connectivity index (χ4v) is 10.6. The van der Waals surface area contributed by atoms with Crippen LogP contribution in [-0.2, 0) is 46.2 Å². The zero-order valence-electron chi connectivity index (χ0n) is 40.7. The van der Waals surface area contributed by atoms with Crippen LogP contribution in [0.15, 0.2) is 84.9 Å². The molecule has 14 nitrogen and oxygen atoms in total. The number of nitrogens with zero attached hydrogens (tertiary/aromatic N) is 2. The Bertz CT molecular complexity index is 2460. The van der Waals surface area contributed by atoms with Crippen LogP contribution in [0.4, 0.5) is 11.4 Å². The van der Waals surface area contributed by atoms with Crippen LogP contribution in [0.5, 0.6) is 0 Å². The highest BCUT2D eigenvalue weighted by atomic mass is 35.5. The van der Waals surface area contributed by atoms with Crippen molar-refractivity contribution in [2.75, 3.05) is 59.3 Å². The number of benzene rings is 4. The van der Waals surface area contributed by atoms with Crippen LogP contribution in [0, 0.1) is 10.8 Å². The van der Waals surface area contributed by atoms with Gasteiger partial charge in [-0.2, -0.15) is 0 Å². The Morgan fingerprint density at radius 1 is 0.563 bits per heavy atom. The molecule has 3 N–H and O–H groups in total. The third kappa shape index (κ3) is 14.5. The van der Waals surface area contributed by atoms with Gasteiger partial charge in [0.25, 0.3) is 11.8 Å². The normalized spacial score (nSPS) is 15.3. The number of hydrogen-bond acceptors (Lipinski definition) is 9. The molecule has 2 aliphatic rings. The minimum atomic E-state index is -1.06. The molecular formula is C53H62Cl4N4O10. The number of carboxylic acids is 1. The summed E-state index contributed by atoms with van der Waals surface area (Å²) in [5.74, 6) is -2.59. The first-order valence-electron chi connectivity index (χ1n) is 23.4. The van der Waals surface area contributed by atoms with Gasteiger partial charge in [0.05, 0.1) is 49.2 Å². The number of halogens is 4. The number of rotatable bonds is 20. The topological polar surface area (TPSA) is 181 Å². The van der Waals surface area contributed by atoms with E-state index in [0.29, 0.717) is 37.4 Å². The highest BCUT2D eigenvalue weighted by molar-refractivity contribution is 6.41. The molecule has 71 heavy (non-hydrogen) atoms. The van der Waals surface area contributed by atoms with Crippen molar-refractivity contribution < 1.29 is 48.1 Å². The van der Waals surface area contributed by atoms with Crippen LogP contribution in [0.25, 0.3) is 0 Å². The van der Waals surface area contributed by atoms with Crippen LogP contribution in [0.1, 0.15) is 96.1 Å². The number of carbonyl (C=O) groups excluding carboxylic acids is 5. The van der Waals surface area contributed by atoms with Gasteiger partial charge in [0.15, 0.2) is 0 Å². The maximum atomic E-state index is 13.6. The summed E-state index contributed by atoms with van der Waals surface area (Å²) in [7, 11) is 7.78. The molecule has 2 saturated carbocycles. The fraction of sp³-hybridized carbons (Fsp3) is 0.434. The Kier molecular flexibility index (Phi) is 21.1. The van der Waals surface area contributed by atoms with Crippen molar-refractivity contribution in [2.24, 2.45) is 10.8 Å². The van der Waals surface area contributed by atoms with E-state index >= 15 is 0 Å². The Labute approximate surface area is 435 Å². The Balaban J connectivity index is 0.000000264. The number of hydrogen-bond donors (Lipinski definition) is 3. The molecule has 2 unspecified atom stereocenters. The van der Waals surface area contributed by atoms with Crippen molar-refractivity contribution in [3.05, 3.63) is 127 Å². The summed E-state index contributed by atoms with van der Waals surface area (Å²) in [6, 6.07) is 21.8. The third-order valence-electron chi connectivity index (χ3n) is 13.6. The number of ether oxygens (including phenoxy) is 3. The van der Waals surface area contributed by atoms with Crippen molar-refractivity contribution in [2.45, 2.75) is 89.1 Å². The highest BCUT2D eigenvalue weighted by Gasteiger charge is 2.46. The van der Waals surface area contributed by atoms with E-state index in [0.717, 1.165) is 62.5 Å². The summed E-state index contributed by atoms with van der Waals surface area (Å²) in [5, 5.41) is 16.4. The summed E-state index contributed by atoms with van der Waals surface area (Å²) in [5.41, 5.74) is 1.90. The zero-order chi connectivity index (χ0) is 51.9. The molecule has 2 aliphatic carbocycles. The molecule has 4 aromatic rings. The van der Waals surface area contributed by atoms with Gasteiger partial charge in [-0.15, -0.1) is 0 Å². The monoisotopic (exact) mass is 1050 g/mol. The molecule has 0 spiro atoms. The van der Waals surface area contributed by atoms with Crippen molar-refractivity contribution in [3.63, 3.8) is 0 Å². The summed E-state index contributed by atoms with van der Waals surface area (Å²) < 4.78 is 15.5. The molecule has 0 bridgehead atoms. The summed E-state index contributed by atoms with van der Waals surface area (Å²) in [4.78, 5) is 80.0. The van der Waals surface area contributed by atoms with Gasteiger partial charge < -0.3 is 39.8 Å². The number of esters is 1. The van der Waals surface area contributed by atoms with Crippen LogP contribution in [-0.4, -0.2) is 111 Å². The molecule has 6 rings (SSSR count). The minimum absolute atomic E-state index is 0.0482. The second kappa shape index (κ2) is 26.5. The van der Waals surface area contributed by atoms with E-state index in [1.54, 1.807) is 113 Å². The van der Waals surface area contributed by atoms with Gasteiger partial charge in [-0.1, -0.05) is 108 Å². The van der Waals surface area contributed by atoms with E-state index in [4.69, 9.17) is 60.6 Å². The standard InChI is InChI=1S/C27H32Cl2N2O5.C26H30Cl2N2O5/c1-31(26(34)27(15-16-35-2)13-4-5-14-27)22(25(33)36-3)17-18-9-11-19(12-10-18)30-24(32)23-20(28)7-6-8-21(23)29;1-30(25(34)26(14-15-35-2)12-3-4-13-26)21(24(32)33)16-17-8-10-18(11-9-17)29-23(31)22-19(27)6-5-7-20(22)28/h6-12,22H,4-5,13-17H2,1-3H3,(H,30,32);5-11,21H,3-4,12-16H2,1-2H3,(H,29,31)(H,32,33). The van der Waals surface area contributed by atoms with Crippen LogP contribution < -0.4 is 10.6 Å². The van der Waals surface area contributed by atoms with Crippen LogP contribution in [0.2, 0.25) is 20.1 Å². The first-order valence-corrected chi connectivity index (χ1v) is 24.9. The number of anilines is 2. The van der Waals surface area contributed by atoms with E-state index in [1.165, 1.54) is 16.9 Å².